The van der Waals surface area contributed by atoms with Crippen LogP contribution in [0.4, 0.5) is 23.3 Å². The third kappa shape index (κ3) is 6.84. The van der Waals surface area contributed by atoms with Gasteiger partial charge in [0.05, 0.1) is 0 Å². The van der Waals surface area contributed by atoms with Gasteiger partial charge in [-0.25, -0.2) is 0 Å². The summed E-state index contributed by atoms with van der Waals surface area (Å²) in [4.78, 5) is 21.2. The van der Waals surface area contributed by atoms with Crippen molar-refractivity contribution in [1.29, 1.82) is 0 Å². The molecule has 0 spiro atoms. The van der Waals surface area contributed by atoms with Crippen molar-refractivity contribution in [2.24, 2.45) is 0 Å². The molecule has 0 saturated carbocycles. The highest BCUT2D eigenvalue weighted by molar-refractivity contribution is 7.86. The Morgan fingerprint density at radius 1 is 0.575 bits per heavy atom. The van der Waals surface area contributed by atoms with Crippen molar-refractivity contribution in [3.63, 3.8) is 0 Å². The molecule has 0 fully saturated rings. The molecule has 2 heterocycles. The average molecular weight is 668 g/mol. The summed E-state index contributed by atoms with van der Waals surface area (Å²) in [6.45, 7) is 3.10. The summed E-state index contributed by atoms with van der Waals surface area (Å²) < 4.78 is 69.9. The summed E-state index contributed by atoms with van der Waals surface area (Å²) in [5, 5.41) is 4.48. The van der Waals surface area contributed by atoms with Gasteiger partial charge in [-0.05, 0) is 95.6 Å². The zero-order valence-electron chi connectivity index (χ0n) is 19.8. The predicted molar refractivity (Wildman–Crippen MR) is 147 cm³/mol. The highest BCUT2D eigenvalue weighted by Gasteiger charge is 2.26. The molecule has 0 bridgehead atoms. The molecule has 2 aromatic heterocycles. The molecule has 0 aliphatic carbocycles. The minimum Gasteiger partial charge on any atom is -0.324 e. The van der Waals surface area contributed by atoms with Crippen molar-refractivity contribution >= 4 is 89.9 Å². The fourth-order valence-electron chi connectivity index (χ4n) is 3.50. The molecule has 14 nitrogen and oxygen atoms in total. The lowest BCUT2D eigenvalue weighted by atomic mass is 9.99. The molecule has 4 rings (SSSR count). The minimum absolute atomic E-state index is 0.0988. The number of rotatable bonds is 7. The van der Waals surface area contributed by atoms with E-state index in [0.29, 0.717) is 11.1 Å². The summed E-state index contributed by atoms with van der Waals surface area (Å²) in [6, 6.07) is 4.60. The van der Waals surface area contributed by atoms with Crippen molar-refractivity contribution < 1.29 is 25.9 Å². The van der Waals surface area contributed by atoms with Crippen LogP contribution in [0.3, 0.4) is 0 Å². The number of halogens is 4. The molecule has 0 aliphatic rings. The highest BCUT2D eigenvalue weighted by Crippen LogP contribution is 2.39. The van der Waals surface area contributed by atoms with E-state index in [-0.39, 0.29) is 55.5 Å². The lowest BCUT2D eigenvalue weighted by Crippen LogP contribution is -2.09. The second kappa shape index (κ2) is 11.1. The van der Waals surface area contributed by atoms with E-state index in [0.717, 1.165) is 12.1 Å². The maximum atomic E-state index is 12.4. The Labute approximate surface area is 246 Å². The van der Waals surface area contributed by atoms with Crippen LogP contribution in [0.5, 0.6) is 0 Å². The molecule has 0 atom stereocenters. The first kappa shape index (κ1) is 30.0. The van der Waals surface area contributed by atoms with Crippen LogP contribution >= 0.6 is 46.4 Å². The maximum absolute atomic E-state index is 12.4. The topological polar surface area (TPSA) is 210 Å². The molecule has 4 aromatic rings. The molecule has 0 unspecified atom stereocenters. The number of anilines is 4. The van der Waals surface area contributed by atoms with Gasteiger partial charge in [-0.15, -0.1) is 0 Å². The maximum Gasteiger partial charge on any atom is 0.295 e. The second-order valence-electron chi connectivity index (χ2n) is 7.92. The van der Waals surface area contributed by atoms with Crippen LogP contribution in [-0.2, 0) is 20.2 Å². The van der Waals surface area contributed by atoms with Crippen LogP contribution in [0.1, 0.15) is 11.1 Å². The number of nitrogens with zero attached hydrogens (tertiary/aromatic N) is 6. The second-order valence-corrected chi connectivity index (χ2v) is 12.1. The number of nitrogens with one attached hydrogen (secondary N) is 2. The molecule has 210 valence electrons. The first-order valence-electron chi connectivity index (χ1n) is 10.4. The highest BCUT2D eigenvalue weighted by atomic mass is 35.5. The van der Waals surface area contributed by atoms with Gasteiger partial charge in [0.25, 0.3) is 20.2 Å². The fraction of sp³-hybridized carbons (Fsp3) is 0.100. The Morgan fingerprint density at radius 2 is 0.875 bits per heavy atom. The third-order valence-electron chi connectivity index (χ3n) is 5.15. The molecular formula is C20H14Cl4N8O6S2. The van der Waals surface area contributed by atoms with Gasteiger partial charge in [0.1, 0.15) is 9.79 Å². The monoisotopic (exact) mass is 666 g/mol. The normalized spacial score (nSPS) is 11.9. The van der Waals surface area contributed by atoms with Crippen LogP contribution in [0.15, 0.2) is 34.1 Å². The van der Waals surface area contributed by atoms with Crippen LogP contribution in [-0.4, -0.2) is 55.8 Å². The van der Waals surface area contributed by atoms with Crippen molar-refractivity contribution in [3.05, 3.63) is 56.5 Å². The van der Waals surface area contributed by atoms with Gasteiger partial charge in [-0.1, -0.05) is 0 Å². The average Bonchev–Trinajstić information content (AvgIpc) is 2.78. The third-order valence-corrected chi connectivity index (χ3v) is 7.62. The quantitative estimate of drug-likeness (QED) is 0.192. The Hall–Kier alpha value is -2.96. The number of benzene rings is 2. The molecule has 20 heteroatoms. The molecule has 0 amide bonds. The van der Waals surface area contributed by atoms with Gasteiger partial charge in [0.2, 0.25) is 33.0 Å². The minimum atomic E-state index is -4.97. The van der Waals surface area contributed by atoms with E-state index >= 15 is 0 Å². The molecular weight excluding hydrogens is 654 g/mol. The van der Waals surface area contributed by atoms with E-state index in [4.69, 9.17) is 46.4 Å². The summed E-state index contributed by atoms with van der Waals surface area (Å²) in [5.41, 5.74) is 0.413. The van der Waals surface area contributed by atoms with E-state index in [1.807, 2.05) is 0 Å². The first-order chi connectivity index (χ1) is 18.5. The summed E-state index contributed by atoms with van der Waals surface area (Å²) in [7, 11) is -9.93. The van der Waals surface area contributed by atoms with E-state index in [2.05, 4.69) is 40.5 Å². The van der Waals surface area contributed by atoms with Crippen molar-refractivity contribution in [2.45, 2.75) is 23.6 Å². The fourth-order valence-corrected chi connectivity index (χ4v) is 5.65. The SMILES string of the molecule is Cc1cc(-c2cc(C)c(Nc3nc(Cl)nc(Cl)n3)cc2S(=O)(=O)O)c(S(=O)(=O)O)cc1Nc1nc(Cl)nc(Cl)n1. The van der Waals surface area contributed by atoms with E-state index < -0.39 is 30.0 Å². The first-order valence-corrected chi connectivity index (χ1v) is 14.8. The Balaban J connectivity index is 1.91. The number of aromatic nitrogens is 6. The van der Waals surface area contributed by atoms with E-state index in [9.17, 15) is 25.9 Å². The molecule has 0 radical (unpaired) electrons. The summed E-state index contributed by atoms with van der Waals surface area (Å²) in [5.74, 6) is -0.267. The standard InChI is InChI=1S/C20H14Cl4N8O6S2/c1-7-3-9(13(39(33,34)35)5-11(7)25-19-29-15(21)27-16(22)30-19)10-4-8(2)12(6-14(10)40(36,37)38)26-20-31-17(23)28-18(24)32-20/h3-6H,1-2H3,(H,33,34,35)(H,36,37,38)(H,25,27,29,30)(H,26,28,31,32). The Bertz CT molecular complexity index is 1720. The molecule has 40 heavy (non-hydrogen) atoms. The molecule has 0 aliphatic heterocycles. The molecule has 4 N–H and O–H groups in total. The van der Waals surface area contributed by atoms with Gasteiger partial charge >= 0.3 is 0 Å². The molecule has 2 aromatic carbocycles. The van der Waals surface area contributed by atoms with Crippen LogP contribution in [0, 0.1) is 13.8 Å². The summed E-state index contributed by atoms with van der Waals surface area (Å²) >= 11 is 23.1. The zero-order chi connectivity index (χ0) is 29.6. The van der Waals surface area contributed by atoms with Crippen LogP contribution < -0.4 is 10.6 Å². The van der Waals surface area contributed by atoms with E-state index in [1.54, 1.807) is 13.8 Å². The van der Waals surface area contributed by atoms with Crippen LogP contribution in [0.2, 0.25) is 21.1 Å². The lowest BCUT2D eigenvalue weighted by Gasteiger charge is -2.18. The van der Waals surface area contributed by atoms with E-state index in [1.165, 1.54) is 12.1 Å². The molecule has 0 saturated heterocycles. The van der Waals surface area contributed by atoms with Gasteiger partial charge in [0.15, 0.2) is 0 Å². The van der Waals surface area contributed by atoms with Crippen molar-refractivity contribution in [2.75, 3.05) is 10.6 Å². The number of hydrogen-bond acceptors (Lipinski definition) is 12. The summed E-state index contributed by atoms with van der Waals surface area (Å²) in [6.07, 6.45) is 0. The zero-order valence-corrected chi connectivity index (χ0v) is 24.5. The number of aryl methyl sites for hydroxylation is 2. The van der Waals surface area contributed by atoms with Crippen LogP contribution in [0.25, 0.3) is 11.1 Å². The van der Waals surface area contributed by atoms with Gasteiger partial charge in [-0.2, -0.15) is 46.7 Å². The van der Waals surface area contributed by atoms with Gasteiger partial charge in [0, 0.05) is 22.5 Å². The smallest absolute Gasteiger partial charge is 0.295 e. The van der Waals surface area contributed by atoms with Crippen molar-refractivity contribution in [1.82, 2.24) is 29.9 Å². The van der Waals surface area contributed by atoms with Gasteiger partial charge in [-0.3, -0.25) is 9.11 Å². The lowest BCUT2D eigenvalue weighted by molar-refractivity contribution is 0.480. The Morgan fingerprint density at radius 3 is 1.15 bits per heavy atom. The van der Waals surface area contributed by atoms with Gasteiger partial charge < -0.3 is 10.6 Å². The number of hydrogen-bond donors (Lipinski definition) is 4. The largest absolute Gasteiger partial charge is 0.324 e. The van der Waals surface area contributed by atoms with Crippen molar-refractivity contribution in [3.8, 4) is 11.1 Å². The predicted octanol–water partition coefficient (Wildman–Crippen LogP) is 4.93. The Kier molecular flexibility index (Phi) is 8.35.